The summed E-state index contributed by atoms with van der Waals surface area (Å²) >= 11 is 0. The third kappa shape index (κ3) is 2.54. The van der Waals surface area contributed by atoms with E-state index in [-0.39, 0.29) is 5.56 Å². The predicted molar refractivity (Wildman–Crippen MR) is 78.1 cm³/mol. The lowest BCUT2D eigenvalue weighted by Crippen LogP contribution is -2.11. The van der Waals surface area contributed by atoms with Crippen molar-refractivity contribution in [3.63, 3.8) is 0 Å². The van der Waals surface area contributed by atoms with Crippen molar-refractivity contribution in [2.24, 2.45) is 0 Å². The lowest BCUT2D eigenvalue weighted by Gasteiger charge is -2.13. The van der Waals surface area contributed by atoms with Crippen LogP contribution in [0, 0.1) is 11.6 Å². The molecule has 1 aliphatic heterocycles. The molecule has 0 saturated carbocycles. The maximum atomic E-state index is 14.1. The number of nitrogens with one attached hydrogen (secondary N) is 1. The SMILES string of the molecule is COc1ccc2c(c1)CNCC=C2c1cccc(F)c1F. The second-order valence-electron chi connectivity index (χ2n) is 4.87. The van der Waals surface area contributed by atoms with Crippen molar-refractivity contribution in [3.05, 3.63) is 70.8 Å². The summed E-state index contributed by atoms with van der Waals surface area (Å²) in [6.45, 7) is 1.26. The molecule has 21 heavy (non-hydrogen) atoms. The molecule has 1 heterocycles. The Hall–Kier alpha value is -2.20. The van der Waals surface area contributed by atoms with E-state index in [4.69, 9.17) is 4.74 Å². The third-order valence-electron chi connectivity index (χ3n) is 3.61. The molecule has 3 rings (SSSR count). The molecule has 0 spiro atoms. The highest BCUT2D eigenvalue weighted by Gasteiger charge is 2.18. The summed E-state index contributed by atoms with van der Waals surface area (Å²) in [4.78, 5) is 0. The van der Waals surface area contributed by atoms with Crippen LogP contribution in [-0.4, -0.2) is 13.7 Å². The molecule has 0 fully saturated rings. The fourth-order valence-corrected chi connectivity index (χ4v) is 2.56. The molecule has 0 aliphatic carbocycles. The monoisotopic (exact) mass is 287 g/mol. The molecule has 0 atom stereocenters. The molecule has 0 radical (unpaired) electrons. The van der Waals surface area contributed by atoms with Crippen molar-refractivity contribution < 1.29 is 13.5 Å². The summed E-state index contributed by atoms with van der Waals surface area (Å²) in [5.41, 5.74) is 2.88. The minimum atomic E-state index is -0.833. The molecule has 2 nitrogen and oxygen atoms in total. The first-order chi connectivity index (χ1) is 10.2. The van der Waals surface area contributed by atoms with Crippen LogP contribution in [0.3, 0.4) is 0 Å². The van der Waals surface area contributed by atoms with Gasteiger partial charge in [0.05, 0.1) is 7.11 Å². The Morgan fingerprint density at radius 1 is 1.10 bits per heavy atom. The van der Waals surface area contributed by atoms with E-state index in [0.717, 1.165) is 22.9 Å². The molecular weight excluding hydrogens is 272 g/mol. The van der Waals surface area contributed by atoms with Crippen LogP contribution in [-0.2, 0) is 6.54 Å². The van der Waals surface area contributed by atoms with E-state index in [1.165, 1.54) is 6.07 Å². The van der Waals surface area contributed by atoms with Gasteiger partial charge in [-0.25, -0.2) is 8.78 Å². The maximum Gasteiger partial charge on any atom is 0.166 e. The van der Waals surface area contributed by atoms with Gasteiger partial charge in [0, 0.05) is 18.7 Å². The van der Waals surface area contributed by atoms with Gasteiger partial charge in [-0.05, 0) is 34.9 Å². The Kier molecular flexibility index (Phi) is 3.71. The minimum Gasteiger partial charge on any atom is -0.497 e. The maximum absolute atomic E-state index is 14.1. The Balaban J connectivity index is 2.16. The molecule has 2 aromatic rings. The second-order valence-corrected chi connectivity index (χ2v) is 4.87. The first kappa shape index (κ1) is 13.8. The Labute approximate surface area is 122 Å². The van der Waals surface area contributed by atoms with Crippen molar-refractivity contribution >= 4 is 5.57 Å². The summed E-state index contributed by atoms with van der Waals surface area (Å²) in [6, 6.07) is 9.88. The molecule has 0 saturated heterocycles. The number of hydrogen-bond donors (Lipinski definition) is 1. The number of halogens is 2. The number of ether oxygens (including phenoxy) is 1. The quantitative estimate of drug-likeness (QED) is 0.912. The van der Waals surface area contributed by atoms with Gasteiger partial charge in [0.25, 0.3) is 0 Å². The Bertz CT molecular complexity index is 710. The second kappa shape index (κ2) is 5.66. The molecule has 2 aromatic carbocycles. The van der Waals surface area contributed by atoms with E-state index in [2.05, 4.69) is 5.32 Å². The average Bonchev–Trinajstić information content (AvgIpc) is 2.71. The molecular formula is C17H15F2NO. The lowest BCUT2D eigenvalue weighted by molar-refractivity contribution is 0.414. The van der Waals surface area contributed by atoms with Crippen LogP contribution < -0.4 is 10.1 Å². The standard InChI is InChI=1S/C17H15F2NO/c1-21-12-5-6-13-11(9-12)10-20-8-7-14(13)15-3-2-4-16(18)17(15)19/h2-7,9,20H,8,10H2,1H3. The van der Waals surface area contributed by atoms with Crippen LogP contribution in [0.15, 0.2) is 42.5 Å². The van der Waals surface area contributed by atoms with Crippen molar-refractivity contribution in [1.29, 1.82) is 0 Å². The van der Waals surface area contributed by atoms with Gasteiger partial charge in [-0.15, -0.1) is 0 Å². The molecule has 0 amide bonds. The molecule has 0 unspecified atom stereocenters. The molecule has 0 bridgehead atoms. The highest BCUT2D eigenvalue weighted by molar-refractivity contribution is 5.82. The topological polar surface area (TPSA) is 21.3 Å². The average molecular weight is 287 g/mol. The van der Waals surface area contributed by atoms with E-state index in [0.29, 0.717) is 18.7 Å². The summed E-state index contributed by atoms with van der Waals surface area (Å²) in [7, 11) is 1.61. The van der Waals surface area contributed by atoms with Crippen molar-refractivity contribution in [2.45, 2.75) is 6.54 Å². The zero-order valence-corrected chi connectivity index (χ0v) is 11.6. The van der Waals surface area contributed by atoms with E-state index < -0.39 is 11.6 Å². The fourth-order valence-electron chi connectivity index (χ4n) is 2.56. The predicted octanol–water partition coefficient (Wildman–Crippen LogP) is 3.51. The summed E-state index contributed by atoms with van der Waals surface area (Å²) < 4.78 is 32.8. The number of benzene rings is 2. The largest absolute Gasteiger partial charge is 0.497 e. The van der Waals surface area contributed by atoms with Crippen LogP contribution in [0.25, 0.3) is 5.57 Å². The normalized spacial score (nSPS) is 14.1. The van der Waals surface area contributed by atoms with Gasteiger partial charge < -0.3 is 10.1 Å². The van der Waals surface area contributed by atoms with E-state index in [1.807, 2.05) is 24.3 Å². The highest BCUT2D eigenvalue weighted by Crippen LogP contribution is 2.32. The van der Waals surface area contributed by atoms with Gasteiger partial charge >= 0.3 is 0 Å². The third-order valence-corrected chi connectivity index (χ3v) is 3.61. The van der Waals surface area contributed by atoms with Crippen molar-refractivity contribution in [3.8, 4) is 5.75 Å². The zero-order chi connectivity index (χ0) is 14.8. The summed E-state index contributed by atoms with van der Waals surface area (Å²) in [5.74, 6) is -0.899. The van der Waals surface area contributed by atoms with Crippen molar-refractivity contribution in [2.75, 3.05) is 13.7 Å². The summed E-state index contributed by atoms with van der Waals surface area (Å²) in [6.07, 6.45) is 1.89. The molecule has 108 valence electrons. The van der Waals surface area contributed by atoms with Gasteiger partial charge in [-0.3, -0.25) is 0 Å². The first-order valence-electron chi connectivity index (χ1n) is 6.73. The van der Waals surface area contributed by atoms with E-state index in [9.17, 15) is 8.78 Å². The van der Waals surface area contributed by atoms with Crippen LogP contribution >= 0.6 is 0 Å². The fraction of sp³-hybridized carbons (Fsp3) is 0.176. The number of fused-ring (bicyclic) bond motifs is 1. The molecule has 4 heteroatoms. The molecule has 1 aliphatic rings. The number of rotatable bonds is 2. The van der Waals surface area contributed by atoms with Crippen LogP contribution in [0.5, 0.6) is 5.75 Å². The van der Waals surface area contributed by atoms with Crippen molar-refractivity contribution in [1.82, 2.24) is 5.32 Å². The zero-order valence-electron chi connectivity index (χ0n) is 11.6. The summed E-state index contributed by atoms with van der Waals surface area (Å²) in [5, 5.41) is 3.24. The van der Waals surface area contributed by atoms with Gasteiger partial charge in [-0.1, -0.05) is 24.3 Å². The van der Waals surface area contributed by atoms with Crippen LogP contribution in [0.1, 0.15) is 16.7 Å². The van der Waals surface area contributed by atoms with Gasteiger partial charge in [0.2, 0.25) is 0 Å². The first-order valence-corrected chi connectivity index (χ1v) is 6.73. The van der Waals surface area contributed by atoms with E-state index >= 15 is 0 Å². The van der Waals surface area contributed by atoms with Gasteiger partial charge in [-0.2, -0.15) is 0 Å². The minimum absolute atomic E-state index is 0.283. The molecule has 0 aromatic heterocycles. The van der Waals surface area contributed by atoms with Crippen LogP contribution in [0.4, 0.5) is 8.78 Å². The van der Waals surface area contributed by atoms with Gasteiger partial charge in [0.1, 0.15) is 5.75 Å². The lowest BCUT2D eigenvalue weighted by atomic mass is 9.93. The Morgan fingerprint density at radius 3 is 2.76 bits per heavy atom. The number of hydrogen-bond acceptors (Lipinski definition) is 2. The Morgan fingerprint density at radius 2 is 1.95 bits per heavy atom. The molecule has 1 N–H and O–H groups in total. The van der Waals surface area contributed by atoms with Crippen LogP contribution in [0.2, 0.25) is 0 Å². The van der Waals surface area contributed by atoms with E-state index in [1.54, 1.807) is 13.2 Å². The van der Waals surface area contributed by atoms with Gasteiger partial charge in [0.15, 0.2) is 11.6 Å². The smallest absolute Gasteiger partial charge is 0.166 e. The number of methoxy groups -OCH3 is 1. The highest BCUT2D eigenvalue weighted by atomic mass is 19.2.